The lowest BCUT2D eigenvalue weighted by atomic mass is 9.98. The van der Waals surface area contributed by atoms with Crippen LogP contribution >= 0.6 is 11.6 Å². The molecular formula is C21H25ClN2O3S. The Morgan fingerprint density at radius 1 is 1.18 bits per heavy atom. The first-order valence-corrected chi connectivity index (χ1v) is 11.4. The lowest BCUT2D eigenvalue weighted by Crippen LogP contribution is -2.45. The highest BCUT2D eigenvalue weighted by Gasteiger charge is 2.32. The minimum atomic E-state index is -3.50. The summed E-state index contributed by atoms with van der Waals surface area (Å²) in [5.74, 6) is -0.526. The number of hydrogen-bond donors (Lipinski definition) is 1. The van der Waals surface area contributed by atoms with Crippen molar-refractivity contribution in [3.63, 3.8) is 0 Å². The van der Waals surface area contributed by atoms with Gasteiger partial charge in [-0.25, -0.2) is 12.7 Å². The first-order chi connectivity index (χ1) is 13.3. The topological polar surface area (TPSA) is 66.5 Å². The normalized spacial score (nSPS) is 18.0. The minimum Gasteiger partial charge on any atom is -0.352 e. The van der Waals surface area contributed by atoms with E-state index in [2.05, 4.69) is 5.32 Å². The predicted molar refractivity (Wildman–Crippen MR) is 111 cm³/mol. The lowest BCUT2D eigenvalue weighted by Gasteiger charge is -2.31. The smallest absolute Gasteiger partial charge is 0.224 e. The minimum absolute atomic E-state index is 0.0934. The van der Waals surface area contributed by atoms with Gasteiger partial charge in [0.2, 0.25) is 15.9 Å². The molecule has 0 unspecified atom stereocenters. The van der Waals surface area contributed by atoms with Gasteiger partial charge in [-0.1, -0.05) is 53.6 Å². The van der Waals surface area contributed by atoms with Gasteiger partial charge in [-0.3, -0.25) is 4.79 Å². The number of hydrogen-bond acceptors (Lipinski definition) is 3. The Morgan fingerprint density at radius 2 is 1.93 bits per heavy atom. The molecule has 1 aliphatic rings. The summed E-state index contributed by atoms with van der Waals surface area (Å²) >= 11 is 5.96. The second kappa shape index (κ2) is 9.07. The number of halogens is 1. The van der Waals surface area contributed by atoms with E-state index in [0.29, 0.717) is 36.5 Å². The van der Waals surface area contributed by atoms with Gasteiger partial charge in [-0.15, -0.1) is 0 Å². The van der Waals surface area contributed by atoms with Crippen LogP contribution in [0, 0.1) is 12.8 Å². The number of benzene rings is 2. The summed E-state index contributed by atoms with van der Waals surface area (Å²) in [6.45, 7) is 3.13. The van der Waals surface area contributed by atoms with Crippen LogP contribution in [0.2, 0.25) is 5.02 Å². The predicted octanol–water partition coefficient (Wildman–Crippen LogP) is 3.51. The summed E-state index contributed by atoms with van der Waals surface area (Å²) in [7, 11) is -3.50. The van der Waals surface area contributed by atoms with Crippen LogP contribution in [0.4, 0.5) is 0 Å². The number of carbonyl (C=O) groups is 1. The van der Waals surface area contributed by atoms with E-state index in [1.54, 1.807) is 24.3 Å². The van der Waals surface area contributed by atoms with E-state index >= 15 is 0 Å². The molecule has 3 rings (SSSR count). The van der Waals surface area contributed by atoms with Gasteiger partial charge in [0.25, 0.3) is 0 Å². The first-order valence-electron chi connectivity index (χ1n) is 9.39. The fraction of sp³-hybridized carbons (Fsp3) is 0.381. The second-order valence-electron chi connectivity index (χ2n) is 7.29. The van der Waals surface area contributed by atoms with E-state index in [0.717, 1.165) is 11.1 Å². The fourth-order valence-corrected chi connectivity index (χ4v) is 5.30. The Bertz CT molecular complexity index is 946. The van der Waals surface area contributed by atoms with Crippen molar-refractivity contribution in [1.29, 1.82) is 0 Å². The third kappa shape index (κ3) is 5.56. The quantitative estimate of drug-likeness (QED) is 0.777. The average Bonchev–Trinajstić information content (AvgIpc) is 2.66. The monoisotopic (exact) mass is 420 g/mol. The number of nitrogens with one attached hydrogen (secondary N) is 1. The van der Waals surface area contributed by atoms with Crippen molar-refractivity contribution in [3.8, 4) is 0 Å². The summed E-state index contributed by atoms with van der Waals surface area (Å²) in [6, 6.07) is 14.8. The van der Waals surface area contributed by atoms with E-state index in [1.807, 2.05) is 31.2 Å². The maximum absolute atomic E-state index is 12.8. The molecule has 0 radical (unpaired) electrons. The summed E-state index contributed by atoms with van der Waals surface area (Å²) in [6.07, 6.45) is 1.38. The van der Waals surface area contributed by atoms with Crippen LogP contribution < -0.4 is 5.32 Å². The Morgan fingerprint density at radius 3 is 2.68 bits per heavy atom. The van der Waals surface area contributed by atoms with Gasteiger partial charge in [-0.05, 0) is 43.0 Å². The van der Waals surface area contributed by atoms with E-state index in [1.165, 1.54) is 4.31 Å². The van der Waals surface area contributed by atoms with Crippen molar-refractivity contribution in [2.75, 3.05) is 13.1 Å². The largest absolute Gasteiger partial charge is 0.352 e. The zero-order valence-corrected chi connectivity index (χ0v) is 17.5. The number of aryl methyl sites for hydroxylation is 1. The third-order valence-corrected chi connectivity index (χ3v) is 6.99. The fourth-order valence-electron chi connectivity index (χ4n) is 3.49. The second-order valence-corrected chi connectivity index (χ2v) is 9.70. The molecule has 1 aliphatic heterocycles. The van der Waals surface area contributed by atoms with Crippen LogP contribution in [0.3, 0.4) is 0 Å². The molecule has 0 saturated carbocycles. The van der Waals surface area contributed by atoms with E-state index in [-0.39, 0.29) is 24.1 Å². The molecule has 2 aromatic rings. The molecular weight excluding hydrogens is 396 g/mol. The van der Waals surface area contributed by atoms with Crippen LogP contribution in [0.25, 0.3) is 0 Å². The van der Waals surface area contributed by atoms with Crippen molar-refractivity contribution in [2.24, 2.45) is 5.92 Å². The number of carbonyl (C=O) groups excluding carboxylic acids is 1. The van der Waals surface area contributed by atoms with Crippen molar-refractivity contribution in [1.82, 2.24) is 9.62 Å². The van der Waals surface area contributed by atoms with Gasteiger partial charge >= 0.3 is 0 Å². The zero-order valence-electron chi connectivity index (χ0n) is 15.9. The van der Waals surface area contributed by atoms with Gasteiger partial charge in [-0.2, -0.15) is 0 Å². The summed E-state index contributed by atoms with van der Waals surface area (Å²) in [4.78, 5) is 12.6. The van der Waals surface area contributed by atoms with Crippen LogP contribution in [0.15, 0.2) is 48.5 Å². The van der Waals surface area contributed by atoms with Gasteiger partial charge in [0.15, 0.2) is 0 Å². The van der Waals surface area contributed by atoms with E-state index < -0.39 is 10.0 Å². The van der Waals surface area contributed by atoms with Crippen LogP contribution in [-0.2, 0) is 27.1 Å². The molecule has 0 spiro atoms. The van der Waals surface area contributed by atoms with Gasteiger partial charge < -0.3 is 5.32 Å². The first kappa shape index (κ1) is 20.8. The SMILES string of the molecule is Cc1cccc(CNC(=O)[C@@H]2CCCN(S(=O)(=O)Cc3cccc(Cl)c3)C2)c1. The summed E-state index contributed by atoms with van der Waals surface area (Å²) in [5.41, 5.74) is 2.83. The molecule has 1 atom stereocenters. The Hall–Kier alpha value is -1.89. The van der Waals surface area contributed by atoms with Crippen LogP contribution in [-0.4, -0.2) is 31.7 Å². The molecule has 1 heterocycles. The van der Waals surface area contributed by atoms with Gasteiger partial charge in [0, 0.05) is 24.7 Å². The highest BCUT2D eigenvalue weighted by Crippen LogP contribution is 2.22. The maximum atomic E-state index is 12.8. The lowest BCUT2D eigenvalue weighted by molar-refractivity contribution is -0.126. The molecule has 0 aliphatic carbocycles. The Kier molecular flexibility index (Phi) is 6.75. The maximum Gasteiger partial charge on any atom is 0.224 e. The third-order valence-electron chi connectivity index (χ3n) is 4.94. The van der Waals surface area contributed by atoms with Gasteiger partial charge in [0.05, 0.1) is 11.7 Å². The molecule has 1 N–H and O–H groups in total. The molecule has 0 aromatic heterocycles. The van der Waals surface area contributed by atoms with E-state index in [9.17, 15) is 13.2 Å². The average molecular weight is 421 g/mol. The molecule has 1 saturated heterocycles. The zero-order chi connectivity index (χ0) is 20.1. The van der Waals surface area contributed by atoms with Crippen LogP contribution in [0.5, 0.6) is 0 Å². The standard InChI is InChI=1S/C21H25ClN2O3S/c1-16-5-2-6-17(11-16)13-23-21(25)19-8-4-10-24(14-19)28(26,27)15-18-7-3-9-20(22)12-18/h2-3,5-7,9,11-12,19H,4,8,10,13-15H2,1H3,(H,23,25)/t19-/m1/s1. The van der Waals surface area contributed by atoms with Crippen molar-refractivity contribution >= 4 is 27.5 Å². The number of piperidine rings is 1. The highest BCUT2D eigenvalue weighted by molar-refractivity contribution is 7.88. The number of rotatable bonds is 6. The van der Waals surface area contributed by atoms with Crippen molar-refractivity contribution < 1.29 is 13.2 Å². The Balaban J connectivity index is 1.60. The van der Waals surface area contributed by atoms with Crippen molar-refractivity contribution in [2.45, 2.75) is 32.1 Å². The van der Waals surface area contributed by atoms with E-state index in [4.69, 9.17) is 11.6 Å². The van der Waals surface area contributed by atoms with Crippen LogP contribution in [0.1, 0.15) is 29.5 Å². The molecule has 1 fully saturated rings. The molecule has 5 nitrogen and oxygen atoms in total. The van der Waals surface area contributed by atoms with Crippen molar-refractivity contribution in [3.05, 3.63) is 70.2 Å². The molecule has 7 heteroatoms. The Labute approximate surface area is 171 Å². The molecule has 28 heavy (non-hydrogen) atoms. The summed E-state index contributed by atoms with van der Waals surface area (Å²) < 4.78 is 27.0. The highest BCUT2D eigenvalue weighted by atomic mass is 35.5. The summed E-state index contributed by atoms with van der Waals surface area (Å²) in [5, 5.41) is 3.46. The molecule has 1 amide bonds. The molecule has 2 aromatic carbocycles. The number of sulfonamides is 1. The van der Waals surface area contributed by atoms with Gasteiger partial charge in [0.1, 0.15) is 0 Å². The molecule has 150 valence electrons. The molecule has 0 bridgehead atoms. The number of amides is 1. The number of nitrogens with zero attached hydrogens (tertiary/aromatic N) is 1.